The van der Waals surface area contributed by atoms with E-state index >= 15 is 0 Å². The van der Waals surface area contributed by atoms with Gasteiger partial charge in [0.15, 0.2) is 0 Å². The van der Waals surface area contributed by atoms with Crippen molar-refractivity contribution in [1.29, 1.82) is 0 Å². The normalized spacial score (nSPS) is 12.9. The fourth-order valence-corrected chi connectivity index (χ4v) is 4.52. The number of aryl methyl sites for hydroxylation is 2. The lowest BCUT2D eigenvalue weighted by Crippen LogP contribution is -2.35. The number of benzene rings is 2. The lowest BCUT2D eigenvalue weighted by molar-refractivity contribution is -0.119. The maximum atomic E-state index is 11.5. The van der Waals surface area contributed by atoms with Gasteiger partial charge in [-0.2, -0.15) is 0 Å². The van der Waals surface area contributed by atoms with Crippen molar-refractivity contribution in [2.24, 2.45) is 10.9 Å². The summed E-state index contributed by atoms with van der Waals surface area (Å²) < 4.78 is 1.75. The van der Waals surface area contributed by atoms with E-state index in [9.17, 15) is 9.59 Å². The van der Waals surface area contributed by atoms with E-state index < -0.39 is 0 Å². The number of carbonyl (C=O) groups excluding carboxylic acids is 1. The number of aromatic nitrogens is 3. The average Bonchev–Trinajstić information content (AvgIpc) is 3.39. The van der Waals surface area contributed by atoms with E-state index in [1.165, 1.54) is 7.11 Å². The van der Waals surface area contributed by atoms with Crippen LogP contribution in [-0.4, -0.2) is 65.3 Å². The van der Waals surface area contributed by atoms with Crippen LogP contribution in [0.5, 0.6) is 0 Å². The van der Waals surface area contributed by atoms with Crippen molar-refractivity contribution in [3.8, 4) is 0 Å². The standard InChI is InChI=1S/C16H18N2.C10H15N3O2.C6H7N.CH5NO/c1-3-18-16(13-9-5-4-6-10-13)14-11-7-8-12-15(14)17-2;1-8-6-13(10(15)11-8)9-2-4-12(7-14)5-3-9;1-6-4-2-3-5-7-6;1-3-2/h4-12,17H,3H2,1-2H3;6-7,9H,2-5H2,1H3,(H,11,15);2-5H,1H3;2H2,1H3. The molecule has 4 aromatic rings. The molecule has 1 saturated heterocycles. The number of nitrogens with zero attached hydrogens (tertiary/aromatic N) is 4. The van der Waals surface area contributed by atoms with Crippen LogP contribution in [0.4, 0.5) is 5.69 Å². The van der Waals surface area contributed by atoms with Crippen LogP contribution in [0.15, 0.2) is 95.0 Å². The molecule has 0 spiro atoms. The molecular formula is C33H45N7O3. The van der Waals surface area contributed by atoms with Gasteiger partial charge in [-0.15, -0.1) is 0 Å². The fraction of sp³-hybridized carbons (Fsp3) is 0.333. The first-order chi connectivity index (χ1) is 20.9. The molecule has 3 heterocycles. The van der Waals surface area contributed by atoms with E-state index in [0.29, 0.717) is 0 Å². The summed E-state index contributed by atoms with van der Waals surface area (Å²) in [6.45, 7) is 8.17. The van der Waals surface area contributed by atoms with Crippen molar-refractivity contribution in [2.75, 3.05) is 39.1 Å². The second-order valence-corrected chi connectivity index (χ2v) is 9.71. The number of carbonyl (C=O) groups is 1. The number of H-pyrrole nitrogens is 1. The summed E-state index contributed by atoms with van der Waals surface area (Å²) in [6, 6.07) is 24.7. The van der Waals surface area contributed by atoms with Crippen molar-refractivity contribution in [2.45, 2.75) is 39.7 Å². The van der Waals surface area contributed by atoms with E-state index in [0.717, 1.165) is 72.8 Å². The molecule has 1 aliphatic heterocycles. The Hall–Kier alpha value is -4.54. The third-order valence-corrected chi connectivity index (χ3v) is 6.54. The lowest BCUT2D eigenvalue weighted by atomic mass is 10.0. The molecule has 1 amide bonds. The summed E-state index contributed by atoms with van der Waals surface area (Å²) in [4.78, 5) is 38.9. The van der Waals surface area contributed by atoms with Crippen LogP contribution >= 0.6 is 0 Å². The van der Waals surface area contributed by atoms with Crippen LogP contribution in [0.25, 0.3) is 0 Å². The van der Waals surface area contributed by atoms with Crippen molar-refractivity contribution in [1.82, 2.24) is 19.4 Å². The molecule has 2 aromatic carbocycles. The number of pyridine rings is 1. The van der Waals surface area contributed by atoms with Gasteiger partial charge in [0.1, 0.15) is 0 Å². The molecule has 0 bridgehead atoms. The van der Waals surface area contributed by atoms with E-state index in [4.69, 9.17) is 0 Å². The number of anilines is 1. The van der Waals surface area contributed by atoms with Crippen LogP contribution in [0, 0.1) is 13.8 Å². The molecule has 0 radical (unpaired) electrons. The zero-order chi connectivity index (χ0) is 31.5. The fourth-order valence-electron chi connectivity index (χ4n) is 4.52. The number of para-hydroxylation sites is 1. The Balaban J connectivity index is 0.000000231. The number of rotatable bonds is 6. The minimum Gasteiger partial charge on any atom is -0.388 e. The Bertz CT molecular complexity index is 1410. The van der Waals surface area contributed by atoms with Crippen molar-refractivity contribution >= 4 is 17.8 Å². The van der Waals surface area contributed by atoms with Crippen molar-refractivity contribution in [3.63, 3.8) is 0 Å². The molecule has 0 saturated carbocycles. The highest BCUT2D eigenvalue weighted by molar-refractivity contribution is 6.15. The maximum absolute atomic E-state index is 11.5. The smallest absolute Gasteiger partial charge is 0.325 e. The molecule has 43 heavy (non-hydrogen) atoms. The van der Waals surface area contributed by atoms with Gasteiger partial charge in [-0.1, -0.05) is 54.6 Å². The number of imidazole rings is 1. The summed E-state index contributed by atoms with van der Waals surface area (Å²) in [5.41, 5.74) is 6.36. The lowest BCUT2D eigenvalue weighted by Gasteiger charge is -2.29. The number of likely N-dealkylation sites (tertiary alicyclic amines) is 1. The van der Waals surface area contributed by atoms with Crippen LogP contribution in [0.1, 0.15) is 48.3 Å². The molecule has 10 nitrogen and oxygen atoms in total. The van der Waals surface area contributed by atoms with Crippen LogP contribution in [0.3, 0.4) is 0 Å². The molecule has 5 rings (SSSR count). The highest BCUT2D eigenvalue weighted by atomic mass is 16.6. The van der Waals surface area contributed by atoms with Crippen molar-refractivity contribution < 1.29 is 9.63 Å². The SMILES string of the molecule is CCN=C(c1ccccc1)c1ccccc1NC.CON.Cc1ccccn1.Cc1cn(C2CCN(C=O)CC2)c(=O)[nH]1. The summed E-state index contributed by atoms with van der Waals surface area (Å²) in [7, 11) is 3.34. The van der Waals surface area contributed by atoms with Gasteiger partial charge in [-0.25, -0.2) is 10.7 Å². The number of nitrogens with two attached hydrogens (primary N) is 1. The van der Waals surface area contributed by atoms with Gasteiger partial charge < -0.3 is 20.0 Å². The van der Waals surface area contributed by atoms with Gasteiger partial charge in [0.05, 0.1) is 12.8 Å². The molecule has 1 fully saturated rings. The first-order valence-electron chi connectivity index (χ1n) is 14.3. The predicted molar refractivity (Wildman–Crippen MR) is 174 cm³/mol. The maximum Gasteiger partial charge on any atom is 0.325 e. The molecule has 0 aliphatic carbocycles. The number of amides is 1. The van der Waals surface area contributed by atoms with E-state index in [2.05, 4.69) is 62.2 Å². The van der Waals surface area contributed by atoms with Gasteiger partial charge in [0.25, 0.3) is 0 Å². The summed E-state index contributed by atoms with van der Waals surface area (Å²) in [6.07, 6.45) is 6.23. The molecule has 1 aliphatic rings. The van der Waals surface area contributed by atoms with Crippen molar-refractivity contribution in [3.05, 3.63) is 118 Å². The molecule has 10 heteroatoms. The van der Waals surface area contributed by atoms with Crippen LogP contribution < -0.4 is 16.9 Å². The monoisotopic (exact) mass is 587 g/mol. The number of piperidine rings is 1. The number of aliphatic imine (C=N–C) groups is 1. The Morgan fingerprint density at radius 3 is 2.19 bits per heavy atom. The molecular weight excluding hydrogens is 542 g/mol. The molecule has 0 atom stereocenters. The van der Waals surface area contributed by atoms with Gasteiger partial charge in [0, 0.05) is 73.3 Å². The zero-order valence-electron chi connectivity index (χ0n) is 25.9. The van der Waals surface area contributed by atoms with Crippen LogP contribution in [-0.2, 0) is 9.63 Å². The predicted octanol–water partition coefficient (Wildman–Crippen LogP) is 4.76. The van der Waals surface area contributed by atoms with Gasteiger partial charge in [0.2, 0.25) is 6.41 Å². The molecule has 230 valence electrons. The third-order valence-electron chi connectivity index (χ3n) is 6.54. The first kappa shape index (κ1) is 34.7. The summed E-state index contributed by atoms with van der Waals surface area (Å²) in [5.74, 6) is 4.35. The van der Waals surface area contributed by atoms with Gasteiger partial charge >= 0.3 is 5.69 Å². The van der Waals surface area contributed by atoms with E-state index in [1.807, 2.05) is 75.6 Å². The zero-order valence-corrected chi connectivity index (χ0v) is 25.9. The van der Waals surface area contributed by atoms with E-state index in [1.54, 1.807) is 15.7 Å². The third kappa shape index (κ3) is 11.7. The Morgan fingerprint density at radius 2 is 1.70 bits per heavy atom. The number of nitrogens with one attached hydrogen (secondary N) is 2. The Labute approximate surface area is 254 Å². The Kier molecular flexibility index (Phi) is 15.8. The Morgan fingerprint density at radius 1 is 1.07 bits per heavy atom. The topological polar surface area (TPSA) is 131 Å². The molecule has 4 N–H and O–H groups in total. The molecule has 2 aromatic heterocycles. The summed E-state index contributed by atoms with van der Waals surface area (Å²) >= 11 is 0. The number of aromatic amines is 1. The minimum absolute atomic E-state index is 0.0444. The van der Waals surface area contributed by atoms with E-state index in [-0.39, 0.29) is 11.7 Å². The first-order valence-corrected chi connectivity index (χ1v) is 14.3. The second-order valence-electron chi connectivity index (χ2n) is 9.71. The van der Waals surface area contributed by atoms with Gasteiger partial charge in [-0.05, 0) is 51.8 Å². The average molecular weight is 588 g/mol. The second kappa shape index (κ2) is 19.6. The highest BCUT2D eigenvalue weighted by Crippen LogP contribution is 2.21. The van der Waals surface area contributed by atoms with Crippen LogP contribution in [0.2, 0.25) is 0 Å². The minimum atomic E-state index is -0.0444. The number of hydrogen-bond donors (Lipinski definition) is 3. The summed E-state index contributed by atoms with van der Waals surface area (Å²) in [5, 5.41) is 3.22. The number of hydrogen-bond acceptors (Lipinski definition) is 7. The molecule has 0 unspecified atom stereocenters. The quantitative estimate of drug-likeness (QED) is 0.169. The van der Waals surface area contributed by atoms with Gasteiger partial charge in [-0.3, -0.25) is 19.3 Å². The largest absolute Gasteiger partial charge is 0.388 e. The highest BCUT2D eigenvalue weighted by Gasteiger charge is 2.20.